The molecule has 1 aromatic rings. The molecule has 7 nitrogen and oxygen atoms in total. The summed E-state index contributed by atoms with van der Waals surface area (Å²) in [5, 5.41) is 31.4. The van der Waals surface area contributed by atoms with E-state index >= 15 is 0 Å². The molecule has 1 aromatic carbocycles. The van der Waals surface area contributed by atoms with Crippen molar-refractivity contribution in [3.05, 3.63) is 35.4 Å². The predicted molar refractivity (Wildman–Crippen MR) is 83.0 cm³/mol. The fraction of sp³-hybridized carbons (Fsp3) is 0.500. The molecule has 0 aliphatic rings. The Morgan fingerprint density at radius 2 is 1.83 bits per heavy atom. The molecule has 128 valence electrons. The summed E-state index contributed by atoms with van der Waals surface area (Å²) in [6.07, 6.45) is -3.58. The van der Waals surface area contributed by atoms with Gasteiger partial charge in [-0.2, -0.15) is 0 Å². The fourth-order valence-corrected chi connectivity index (χ4v) is 1.97. The van der Waals surface area contributed by atoms with Crippen molar-refractivity contribution in [1.82, 2.24) is 5.32 Å². The maximum absolute atomic E-state index is 11.5. The van der Waals surface area contributed by atoms with Crippen molar-refractivity contribution in [2.45, 2.75) is 45.0 Å². The molecule has 0 aromatic heterocycles. The lowest BCUT2D eigenvalue weighted by molar-refractivity contribution is -0.136. The molecule has 0 saturated heterocycles. The number of amides is 1. The number of hydrogen-bond donors (Lipinski definition) is 4. The molecule has 0 aliphatic heterocycles. The number of aliphatic hydroxyl groups excluding tert-OH is 2. The summed E-state index contributed by atoms with van der Waals surface area (Å²) in [6.45, 7) is 4.90. The minimum absolute atomic E-state index is 0.225. The predicted octanol–water partition coefficient (Wildman–Crippen LogP) is 1.23. The average molecular weight is 325 g/mol. The van der Waals surface area contributed by atoms with E-state index in [1.165, 1.54) is 0 Å². The molecule has 0 aliphatic carbocycles. The van der Waals surface area contributed by atoms with Gasteiger partial charge in [0.15, 0.2) is 0 Å². The molecule has 0 saturated carbocycles. The van der Waals surface area contributed by atoms with Crippen molar-refractivity contribution in [2.75, 3.05) is 6.54 Å². The van der Waals surface area contributed by atoms with E-state index in [1.807, 2.05) is 0 Å². The molecule has 0 bridgehead atoms. The molecule has 0 fully saturated rings. The lowest BCUT2D eigenvalue weighted by Crippen LogP contribution is -2.39. The number of aliphatic carboxylic acids is 1. The van der Waals surface area contributed by atoms with Crippen LogP contribution in [0.4, 0.5) is 4.79 Å². The van der Waals surface area contributed by atoms with Crippen LogP contribution in [-0.4, -0.2) is 45.6 Å². The highest BCUT2D eigenvalue weighted by molar-refractivity contribution is 5.71. The Kier molecular flexibility index (Phi) is 6.53. The second-order valence-corrected chi connectivity index (χ2v) is 6.16. The first-order valence-electron chi connectivity index (χ1n) is 7.22. The van der Waals surface area contributed by atoms with Gasteiger partial charge in [0.25, 0.3) is 0 Å². The third-order valence-corrected chi connectivity index (χ3v) is 2.93. The second-order valence-electron chi connectivity index (χ2n) is 6.16. The van der Waals surface area contributed by atoms with Gasteiger partial charge in [0.2, 0.25) is 0 Å². The van der Waals surface area contributed by atoms with E-state index in [2.05, 4.69) is 5.32 Å². The van der Waals surface area contributed by atoms with E-state index in [0.29, 0.717) is 11.1 Å². The maximum atomic E-state index is 11.5. The fourth-order valence-electron chi connectivity index (χ4n) is 1.97. The highest BCUT2D eigenvalue weighted by atomic mass is 16.6. The first-order valence-corrected chi connectivity index (χ1v) is 7.22. The average Bonchev–Trinajstić information content (AvgIpc) is 2.42. The summed E-state index contributed by atoms with van der Waals surface area (Å²) < 4.78 is 5.03. The molecule has 2 atom stereocenters. The van der Waals surface area contributed by atoms with Crippen LogP contribution >= 0.6 is 0 Å². The van der Waals surface area contributed by atoms with Crippen molar-refractivity contribution in [3.8, 4) is 0 Å². The minimum atomic E-state index is -1.32. The number of aliphatic hydroxyl groups is 2. The van der Waals surface area contributed by atoms with Crippen molar-refractivity contribution in [2.24, 2.45) is 0 Å². The topological polar surface area (TPSA) is 116 Å². The number of benzene rings is 1. The molecule has 0 heterocycles. The molecule has 0 radical (unpaired) electrons. The zero-order chi connectivity index (χ0) is 17.6. The first kappa shape index (κ1) is 18.9. The van der Waals surface area contributed by atoms with Gasteiger partial charge in [0.05, 0.1) is 6.42 Å². The normalized spacial score (nSPS) is 14.0. The van der Waals surface area contributed by atoms with Crippen LogP contribution < -0.4 is 5.32 Å². The number of hydrogen-bond acceptors (Lipinski definition) is 5. The molecular formula is C16H23NO6. The van der Waals surface area contributed by atoms with E-state index in [9.17, 15) is 19.8 Å². The number of nitrogens with one attached hydrogen (secondary N) is 1. The maximum Gasteiger partial charge on any atom is 0.407 e. The monoisotopic (exact) mass is 325 g/mol. The van der Waals surface area contributed by atoms with E-state index in [0.717, 1.165) is 0 Å². The van der Waals surface area contributed by atoms with Gasteiger partial charge in [-0.25, -0.2) is 4.79 Å². The van der Waals surface area contributed by atoms with Crippen molar-refractivity contribution in [1.29, 1.82) is 0 Å². The number of carboxylic acids is 1. The highest BCUT2D eigenvalue weighted by Gasteiger charge is 2.23. The number of ether oxygens (including phenoxy) is 1. The minimum Gasteiger partial charge on any atom is -0.481 e. The summed E-state index contributed by atoms with van der Waals surface area (Å²) in [5.41, 5.74) is 0.0547. The van der Waals surface area contributed by atoms with E-state index in [-0.39, 0.29) is 13.0 Å². The SMILES string of the molecule is CC(C)(C)OC(=O)NCC(O)C(O)c1ccccc1CC(=O)O. The smallest absolute Gasteiger partial charge is 0.407 e. The van der Waals surface area contributed by atoms with Crippen molar-refractivity contribution >= 4 is 12.1 Å². The summed E-state index contributed by atoms with van der Waals surface area (Å²) >= 11 is 0. The van der Waals surface area contributed by atoms with Crippen LogP contribution in [0, 0.1) is 0 Å². The number of carbonyl (C=O) groups is 2. The molecule has 23 heavy (non-hydrogen) atoms. The quantitative estimate of drug-likeness (QED) is 0.625. The zero-order valence-corrected chi connectivity index (χ0v) is 13.4. The van der Waals surface area contributed by atoms with Crippen molar-refractivity contribution in [3.63, 3.8) is 0 Å². The van der Waals surface area contributed by atoms with Gasteiger partial charge in [-0.15, -0.1) is 0 Å². The Morgan fingerprint density at radius 1 is 1.22 bits per heavy atom. The molecular weight excluding hydrogens is 302 g/mol. The second kappa shape index (κ2) is 7.94. The van der Waals surface area contributed by atoms with Gasteiger partial charge < -0.3 is 25.4 Å². The molecule has 2 unspecified atom stereocenters. The largest absolute Gasteiger partial charge is 0.481 e. The Morgan fingerprint density at radius 3 is 2.39 bits per heavy atom. The van der Waals surface area contributed by atoms with Crippen LogP contribution in [0.1, 0.15) is 38.0 Å². The summed E-state index contributed by atoms with van der Waals surface area (Å²) in [7, 11) is 0. The van der Waals surface area contributed by atoms with Gasteiger partial charge >= 0.3 is 12.1 Å². The lowest BCUT2D eigenvalue weighted by atomic mass is 9.96. The van der Waals surface area contributed by atoms with Gasteiger partial charge in [0.1, 0.15) is 17.8 Å². The Bertz CT molecular complexity index is 552. The number of carboxylic acid groups (broad SMARTS) is 1. The molecule has 7 heteroatoms. The number of carbonyl (C=O) groups excluding carboxylic acids is 1. The van der Waals surface area contributed by atoms with Gasteiger partial charge in [-0.1, -0.05) is 24.3 Å². The van der Waals surface area contributed by atoms with Crippen LogP contribution in [0.5, 0.6) is 0 Å². The molecule has 1 amide bonds. The standard InChI is InChI=1S/C16H23NO6/c1-16(2,3)23-15(22)17-9-12(18)14(21)11-7-5-4-6-10(11)8-13(19)20/h4-7,12,14,18,21H,8-9H2,1-3H3,(H,17,22)(H,19,20). The summed E-state index contributed by atoms with van der Waals surface area (Å²) in [5.74, 6) is -1.04. The van der Waals surface area contributed by atoms with Crippen LogP contribution in [0.3, 0.4) is 0 Å². The van der Waals surface area contributed by atoms with Crippen LogP contribution in [0.2, 0.25) is 0 Å². The van der Waals surface area contributed by atoms with Crippen molar-refractivity contribution < 1.29 is 29.6 Å². The van der Waals surface area contributed by atoms with E-state index in [4.69, 9.17) is 9.84 Å². The Balaban J connectivity index is 2.68. The molecule has 0 spiro atoms. The third-order valence-electron chi connectivity index (χ3n) is 2.93. The summed E-state index contributed by atoms with van der Waals surface area (Å²) in [6, 6.07) is 6.40. The van der Waals surface area contributed by atoms with Gasteiger partial charge in [0, 0.05) is 6.54 Å². The third kappa shape index (κ3) is 6.66. The van der Waals surface area contributed by atoms with Crippen LogP contribution in [-0.2, 0) is 16.0 Å². The molecule has 1 rings (SSSR count). The number of alkyl carbamates (subject to hydrolysis) is 1. The van der Waals surface area contributed by atoms with Gasteiger partial charge in [-0.05, 0) is 31.9 Å². The number of rotatable bonds is 6. The van der Waals surface area contributed by atoms with Gasteiger partial charge in [-0.3, -0.25) is 4.79 Å². The Labute approximate surface area is 134 Å². The molecule has 4 N–H and O–H groups in total. The zero-order valence-electron chi connectivity index (χ0n) is 13.4. The Hall–Kier alpha value is -2.12. The van der Waals surface area contributed by atoms with Crippen LogP contribution in [0.15, 0.2) is 24.3 Å². The lowest BCUT2D eigenvalue weighted by Gasteiger charge is -2.23. The summed E-state index contributed by atoms with van der Waals surface area (Å²) in [4.78, 5) is 22.4. The van der Waals surface area contributed by atoms with E-state index < -0.39 is 29.9 Å². The highest BCUT2D eigenvalue weighted by Crippen LogP contribution is 2.21. The van der Waals surface area contributed by atoms with E-state index in [1.54, 1.807) is 45.0 Å². The van der Waals surface area contributed by atoms with Crippen LogP contribution in [0.25, 0.3) is 0 Å². The first-order chi connectivity index (χ1) is 10.6.